The highest BCUT2D eigenvalue weighted by atomic mass is 14.7. The van der Waals surface area contributed by atoms with E-state index in [0.29, 0.717) is 0 Å². The smallest absolute Gasteiger partial charge is 0.0799 e. The van der Waals surface area contributed by atoms with E-state index in [4.69, 9.17) is 4.98 Å². The Balaban J connectivity index is 1.15. The van der Waals surface area contributed by atoms with Crippen molar-refractivity contribution in [1.29, 1.82) is 0 Å². The van der Waals surface area contributed by atoms with E-state index in [1.54, 1.807) is 0 Å². The quantitative estimate of drug-likeness (QED) is 0.179. The number of nitrogens with zero attached hydrogens (tertiary/aromatic N) is 1. The van der Waals surface area contributed by atoms with Crippen molar-refractivity contribution < 1.29 is 0 Å². The van der Waals surface area contributed by atoms with Gasteiger partial charge in [0.15, 0.2) is 0 Å². The molecule has 0 radical (unpaired) electrons. The molecular weight excluding hydrogens is 591 g/mol. The molecule has 0 N–H and O–H groups in total. The van der Waals surface area contributed by atoms with Gasteiger partial charge in [-0.3, -0.25) is 0 Å². The molecule has 0 bridgehead atoms. The van der Waals surface area contributed by atoms with Crippen molar-refractivity contribution in [3.05, 3.63) is 209 Å². The summed E-state index contributed by atoms with van der Waals surface area (Å²) in [4.78, 5) is 5.07. The van der Waals surface area contributed by atoms with Crippen molar-refractivity contribution in [2.45, 2.75) is 18.3 Å². The van der Waals surface area contributed by atoms with Crippen LogP contribution in [0.15, 0.2) is 181 Å². The molecule has 0 saturated carbocycles. The Hall–Kier alpha value is -6.23. The highest BCUT2D eigenvalue weighted by molar-refractivity contribution is 5.97. The van der Waals surface area contributed by atoms with Gasteiger partial charge in [-0.1, -0.05) is 139 Å². The van der Waals surface area contributed by atoms with Crippen molar-refractivity contribution in [3.63, 3.8) is 0 Å². The molecule has 0 fully saturated rings. The van der Waals surface area contributed by atoms with Crippen LogP contribution >= 0.6 is 0 Å². The van der Waals surface area contributed by atoms with E-state index < -0.39 is 0 Å². The lowest BCUT2D eigenvalue weighted by Crippen LogP contribution is -2.27. The van der Waals surface area contributed by atoms with Crippen LogP contribution in [-0.2, 0) is 5.41 Å². The molecule has 1 heterocycles. The summed E-state index contributed by atoms with van der Waals surface area (Å²) in [5.41, 5.74) is 25.9. The normalized spacial score (nSPS) is 15.6. The monoisotopic (exact) mass is 621 g/mol. The number of aromatic nitrogens is 1. The van der Waals surface area contributed by atoms with Crippen LogP contribution in [0, 0.1) is 0 Å². The number of hydrogen-bond acceptors (Lipinski definition) is 1. The molecule has 228 valence electrons. The van der Waals surface area contributed by atoms with E-state index in [-0.39, 0.29) is 5.41 Å². The first-order valence-corrected chi connectivity index (χ1v) is 17.1. The van der Waals surface area contributed by atoms with Gasteiger partial charge in [-0.15, -0.1) is 0 Å². The SMILES string of the molecule is C1=C=C(c2cc(-c3cccc(-c4ccc5c(c4)C4(C6=C5CCC=C6)c5ccccc5-c5ccccc54)c3)cc(-c3ccccc3)n2)C=CC=1. The summed E-state index contributed by atoms with van der Waals surface area (Å²) in [6.45, 7) is 0. The first-order chi connectivity index (χ1) is 24.3. The number of fused-ring (bicyclic) bond motifs is 9. The largest absolute Gasteiger partial charge is 0.247 e. The Kier molecular flexibility index (Phi) is 6.20. The van der Waals surface area contributed by atoms with Crippen LogP contribution in [-0.4, -0.2) is 4.98 Å². The van der Waals surface area contributed by atoms with Gasteiger partial charge in [0.05, 0.1) is 22.4 Å². The molecule has 1 spiro atoms. The third-order valence-electron chi connectivity index (χ3n) is 10.6. The molecule has 0 unspecified atom stereocenters. The van der Waals surface area contributed by atoms with E-state index in [1.807, 2.05) is 18.2 Å². The fourth-order valence-corrected chi connectivity index (χ4v) is 8.53. The minimum Gasteiger partial charge on any atom is -0.247 e. The van der Waals surface area contributed by atoms with Crippen molar-refractivity contribution >= 4 is 11.1 Å². The van der Waals surface area contributed by atoms with E-state index >= 15 is 0 Å². The Bertz CT molecular complexity index is 2510. The molecule has 1 nitrogen and oxygen atoms in total. The van der Waals surface area contributed by atoms with Gasteiger partial charge >= 0.3 is 0 Å². The Morgan fingerprint density at radius 2 is 1.22 bits per heavy atom. The van der Waals surface area contributed by atoms with Crippen molar-refractivity contribution in [1.82, 2.24) is 4.98 Å². The Morgan fingerprint density at radius 1 is 0.531 bits per heavy atom. The molecule has 0 atom stereocenters. The maximum Gasteiger partial charge on any atom is 0.0799 e. The maximum atomic E-state index is 5.07. The number of benzene rings is 5. The lowest BCUT2D eigenvalue weighted by atomic mass is 9.69. The van der Waals surface area contributed by atoms with Gasteiger partial charge in [0, 0.05) is 5.56 Å². The number of allylic oxidation sites excluding steroid dienone is 8. The van der Waals surface area contributed by atoms with Crippen molar-refractivity contribution in [2.75, 3.05) is 0 Å². The summed E-state index contributed by atoms with van der Waals surface area (Å²) < 4.78 is 0. The van der Waals surface area contributed by atoms with E-state index in [9.17, 15) is 0 Å². The molecule has 4 aliphatic carbocycles. The summed E-state index contributed by atoms with van der Waals surface area (Å²) in [6.07, 6.45) is 12.9. The second-order valence-corrected chi connectivity index (χ2v) is 13.2. The number of hydrogen-bond donors (Lipinski definition) is 0. The van der Waals surface area contributed by atoms with Gasteiger partial charge in [-0.05, 0) is 116 Å². The van der Waals surface area contributed by atoms with Crippen LogP contribution in [0.25, 0.3) is 55.8 Å². The second kappa shape index (κ2) is 10.9. The van der Waals surface area contributed by atoms with Crippen LogP contribution in [0.2, 0.25) is 0 Å². The molecule has 10 rings (SSSR count). The van der Waals surface area contributed by atoms with Crippen LogP contribution in [0.1, 0.15) is 40.8 Å². The van der Waals surface area contributed by atoms with Crippen molar-refractivity contribution in [3.8, 4) is 44.6 Å². The highest BCUT2D eigenvalue weighted by Crippen LogP contribution is 2.63. The fourth-order valence-electron chi connectivity index (χ4n) is 8.53. The lowest BCUT2D eigenvalue weighted by Gasteiger charge is -2.32. The predicted molar refractivity (Wildman–Crippen MR) is 202 cm³/mol. The summed E-state index contributed by atoms with van der Waals surface area (Å²) in [7, 11) is 0. The van der Waals surface area contributed by atoms with Gasteiger partial charge in [0.2, 0.25) is 0 Å². The third kappa shape index (κ3) is 4.18. The van der Waals surface area contributed by atoms with Gasteiger partial charge in [-0.25, -0.2) is 4.98 Å². The zero-order valence-electron chi connectivity index (χ0n) is 26.9. The second-order valence-electron chi connectivity index (χ2n) is 13.2. The average molecular weight is 622 g/mol. The molecule has 1 heteroatoms. The average Bonchev–Trinajstić information content (AvgIpc) is 3.66. The van der Waals surface area contributed by atoms with E-state index in [1.165, 1.54) is 55.7 Å². The van der Waals surface area contributed by atoms with E-state index in [0.717, 1.165) is 46.5 Å². The Morgan fingerprint density at radius 3 is 2.00 bits per heavy atom. The third-order valence-corrected chi connectivity index (χ3v) is 10.6. The van der Waals surface area contributed by atoms with E-state index in [2.05, 4.69) is 157 Å². The van der Waals surface area contributed by atoms with Crippen LogP contribution < -0.4 is 0 Å². The fraction of sp³-hybridized carbons (Fsp3) is 0.0625. The van der Waals surface area contributed by atoms with Gasteiger partial charge in [0.1, 0.15) is 0 Å². The first-order valence-electron chi connectivity index (χ1n) is 17.1. The topological polar surface area (TPSA) is 12.9 Å². The maximum absolute atomic E-state index is 5.07. The Labute approximate surface area is 287 Å². The zero-order chi connectivity index (χ0) is 32.4. The van der Waals surface area contributed by atoms with Gasteiger partial charge < -0.3 is 0 Å². The zero-order valence-corrected chi connectivity index (χ0v) is 26.9. The molecule has 49 heavy (non-hydrogen) atoms. The lowest BCUT2D eigenvalue weighted by molar-refractivity contribution is 0.781. The first kappa shape index (κ1) is 27.8. The summed E-state index contributed by atoms with van der Waals surface area (Å²) in [5, 5.41) is 0. The summed E-state index contributed by atoms with van der Waals surface area (Å²) in [5.74, 6) is 0. The van der Waals surface area contributed by atoms with Crippen molar-refractivity contribution in [2.24, 2.45) is 0 Å². The minimum absolute atomic E-state index is 0.309. The standard InChI is InChI=1S/C48H31N/c1-3-14-32(15-4-1)46-30-37(31-47(49-46)33-16-5-2-6-17-33)35-19-13-18-34(28-35)36-26-27-41-40-22-9-12-25-44(40)48(45(41)29-36)42-23-10-7-20-38(42)39-21-8-11-24-43(39)48/h1-5,7-8,10-16,18-21,23-31H,9,22H2. The molecule has 0 saturated heterocycles. The molecular formula is C48H31N. The molecule has 6 aromatic rings. The van der Waals surface area contributed by atoms with Gasteiger partial charge in [-0.2, -0.15) is 0 Å². The molecule has 0 aliphatic heterocycles. The predicted octanol–water partition coefficient (Wildman–Crippen LogP) is 11.8. The molecule has 4 aliphatic rings. The highest BCUT2D eigenvalue weighted by Gasteiger charge is 2.52. The summed E-state index contributed by atoms with van der Waals surface area (Å²) in [6, 6.07) is 49.1. The van der Waals surface area contributed by atoms with Crippen LogP contribution in [0.4, 0.5) is 0 Å². The van der Waals surface area contributed by atoms with Crippen LogP contribution in [0.5, 0.6) is 0 Å². The summed E-state index contributed by atoms with van der Waals surface area (Å²) >= 11 is 0. The number of pyridine rings is 1. The van der Waals surface area contributed by atoms with Gasteiger partial charge in [0.25, 0.3) is 0 Å². The van der Waals surface area contributed by atoms with Crippen LogP contribution in [0.3, 0.4) is 0 Å². The number of rotatable bonds is 4. The molecule has 0 amide bonds. The molecule has 5 aromatic carbocycles. The minimum atomic E-state index is -0.309. The molecule has 1 aromatic heterocycles.